The summed E-state index contributed by atoms with van der Waals surface area (Å²) in [4.78, 5) is 2.81. The second kappa shape index (κ2) is 8.16. The van der Waals surface area contributed by atoms with Gasteiger partial charge in [0.15, 0.2) is 0 Å². The molecule has 1 saturated heterocycles. The molecule has 1 unspecified atom stereocenters. The lowest BCUT2D eigenvalue weighted by atomic mass is 10.0. The minimum atomic E-state index is 0.772. The predicted molar refractivity (Wildman–Crippen MR) is 79.0 cm³/mol. The zero-order valence-electron chi connectivity index (χ0n) is 12.3. The highest BCUT2D eigenvalue weighted by molar-refractivity contribution is 4.81. The highest BCUT2D eigenvalue weighted by Gasteiger charge is 2.23. The molecule has 0 radical (unpaired) electrons. The van der Waals surface area contributed by atoms with Gasteiger partial charge in [0.1, 0.15) is 0 Å². The van der Waals surface area contributed by atoms with Crippen LogP contribution in [-0.4, -0.2) is 36.6 Å². The van der Waals surface area contributed by atoms with Gasteiger partial charge in [-0.15, -0.1) is 0 Å². The van der Waals surface area contributed by atoms with E-state index >= 15 is 0 Å². The standard InChI is InChI=1S/C16H32N2/c1-2-13-18(14-15-9-7-8-12-17-15)16-10-5-3-4-6-11-16/h15-17H,2-14H2,1H3. The number of nitrogens with one attached hydrogen (secondary N) is 1. The molecule has 1 saturated carbocycles. The third-order valence-corrected chi connectivity index (χ3v) is 4.72. The maximum atomic E-state index is 3.72. The van der Waals surface area contributed by atoms with Crippen molar-refractivity contribution in [3.8, 4) is 0 Å². The van der Waals surface area contributed by atoms with E-state index < -0.39 is 0 Å². The molecule has 1 N–H and O–H groups in total. The van der Waals surface area contributed by atoms with Gasteiger partial charge in [0, 0.05) is 18.6 Å². The van der Waals surface area contributed by atoms with E-state index in [9.17, 15) is 0 Å². The van der Waals surface area contributed by atoms with Crippen LogP contribution in [0.15, 0.2) is 0 Å². The van der Waals surface area contributed by atoms with E-state index in [4.69, 9.17) is 0 Å². The van der Waals surface area contributed by atoms with Crippen LogP contribution in [0.4, 0.5) is 0 Å². The molecule has 0 aromatic carbocycles. The molecule has 2 aliphatic rings. The lowest BCUT2D eigenvalue weighted by Gasteiger charge is -2.35. The highest BCUT2D eigenvalue weighted by Crippen LogP contribution is 2.23. The summed E-state index contributed by atoms with van der Waals surface area (Å²) in [5, 5.41) is 3.72. The van der Waals surface area contributed by atoms with Crippen LogP contribution in [0, 0.1) is 0 Å². The molecule has 18 heavy (non-hydrogen) atoms. The zero-order chi connectivity index (χ0) is 12.6. The van der Waals surface area contributed by atoms with Crippen LogP contribution in [0.2, 0.25) is 0 Å². The first-order chi connectivity index (χ1) is 8.90. The minimum Gasteiger partial charge on any atom is -0.313 e. The largest absolute Gasteiger partial charge is 0.313 e. The molecular formula is C16H32N2. The van der Waals surface area contributed by atoms with Crippen molar-refractivity contribution >= 4 is 0 Å². The van der Waals surface area contributed by atoms with Crippen molar-refractivity contribution in [2.45, 2.75) is 83.2 Å². The Labute approximate surface area is 114 Å². The van der Waals surface area contributed by atoms with E-state index in [0.29, 0.717) is 0 Å². The average molecular weight is 252 g/mol. The summed E-state index contributed by atoms with van der Waals surface area (Å²) in [5.74, 6) is 0. The normalized spacial score (nSPS) is 27.3. The number of hydrogen-bond donors (Lipinski definition) is 1. The van der Waals surface area contributed by atoms with Crippen molar-refractivity contribution in [2.75, 3.05) is 19.6 Å². The zero-order valence-corrected chi connectivity index (χ0v) is 12.3. The monoisotopic (exact) mass is 252 g/mol. The summed E-state index contributed by atoms with van der Waals surface area (Å²) in [6.45, 7) is 6.19. The summed E-state index contributed by atoms with van der Waals surface area (Å²) >= 11 is 0. The first-order valence-corrected chi connectivity index (χ1v) is 8.37. The molecule has 1 aliphatic heterocycles. The quantitative estimate of drug-likeness (QED) is 0.753. The highest BCUT2D eigenvalue weighted by atomic mass is 15.2. The summed E-state index contributed by atoms with van der Waals surface area (Å²) in [5.41, 5.74) is 0. The summed E-state index contributed by atoms with van der Waals surface area (Å²) in [7, 11) is 0. The molecule has 106 valence electrons. The molecule has 1 heterocycles. The molecule has 2 rings (SSSR count). The Hall–Kier alpha value is -0.0800. The first kappa shape index (κ1) is 14.3. The van der Waals surface area contributed by atoms with Crippen molar-refractivity contribution in [2.24, 2.45) is 0 Å². The minimum absolute atomic E-state index is 0.772. The first-order valence-electron chi connectivity index (χ1n) is 8.37. The van der Waals surface area contributed by atoms with Gasteiger partial charge in [-0.05, 0) is 45.2 Å². The Kier molecular flexibility index (Phi) is 6.50. The van der Waals surface area contributed by atoms with Gasteiger partial charge in [-0.1, -0.05) is 39.0 Å². The van der Waals surface area contributed by atoms with Crippen molar-refractivity contribution in [3.05, 3.63) is 0 Å². The fourth-order valence-electron chi connectivity index (χ4n) is 3.70. The van der Waals surface area contributed by atoms with Crippen LogP contribution in [0.25, 0.3) is 0 Å². The fourth-order valence-corrected chi connectivity index (χ4v) is 3.70. The third-order valence-electron chi connectivity index (χ3n) is 4.72. The fraction of sp³-hybridized carbons (Fsp3) is 1.00. The number of rotatable bonds is 5. The van der Waals surface area contributed by atoms with E-state index in [1.165, 1.54) is 83.8 Å². The van der Waals surface area contributed by atoms with Crippen LogP contribution in [-0.2, 0) is 0 Å². The molecule has 0 aromatic heterocycles. The summed E-state index contributed by atoms with van der Waals surface area (Å²) in [6, 6.07) is 1.66. The molecule has 1 atom stereocenters. The van der Waals surface area contributed by atoms with Crippen LogP contribution in [0.3, 0.4) is 0 Å². The number of nitrogens with zero attached hydrogens (tertiary/aromatic N) is 1. The molecular weight excluding hydrogens is 220 g/mol. The molecule has 2 nitrogen and oxygen atoms in total. The summed E-state index contributed by atoms with van der Waals surface area (Å²) in [6.07, 6.45) is 14.3. The van der Waals surface area contributed by atoms with Gasteiger partial charge in [0.2, 0.25) is 0 Å². The maximum absolute atomic E-state index is 3.72. The van der Waals surface area contributed by atoms with Crippen molar-refractivity contribution in [3.63, 3.8) is 0 Å². The van der Waals surface area contributed by atoms with E-state index in [2.05, 4.69) is 17.1 Å². The van der Waals surface area contributed by atoms with Gasteiger partial charge in [-0.2, -0.15) is 0 Å². The SMILES string of the molecule is CCCN(CC1CCCCN1)C1CCCCCC1. The molecule has 0 bridgehead atoms. The molecule has 1 aliphatic carbocycles. The Morgan fingerprint density at radius 2 is 1.67 bits per heavy atom. The number of piperidine rings is 1. The maximum Gasteiger partial charge on any atom is 0.0195 e. The van der Waals surface area contributed by atoms with Crippen molar-refractivity contribution in [1.82, 2.24) is 10.2 Å². The van der Waals surface area contributed by atoms with E-state index in [0.717, 1.165) is 12.1 Å². The van der Waals surface area contributed by atoms with Crippen molar-refractivity contribution in [1.29, 1.82) is 0 Å². The molecule has 0 amide bonds. The molecule has 0 aromatic rings. The predicted octanol–water partition coefficient (Wildman–Crippen LogP) is 3.56. The third kappa shape index (κ3) is 4.55. The van der Waals surface area contributed by atoms with Gasteiger partial charge in [-0.3, -0.25) is 4.90 Å². The van der Waals surface area contributed by atoms with Gasteiger partial charge < -0.3 is 5.32 Å². The second-order valence-electron chi connectivity index (χ2n) is 6.29. The van der Waals surface area contributed by atoms with Crippen LogP contribution < -0.4 is 5.32 Å². The van der Waals surface area contributed by atoms with Gasteiger partial charge >= 0.3 is 0 Å². The Balaban J connectivity index is 1.84. The number of hydrogen-bond acceptors (Lipinski definition) is 2. The average Bonchev–Trinajstić information content (AvgIpc) is 2.68. The summed E-state index contributed by atoms with van der Waals surface area (Å²) < 4.78 is 0. The van der Waals surface area contributed by atoms with E-state index in [-0.39, 0.29) is 0 Å². The Morgan fingerprint density at radius 3 is 2.28 bits per heavy atom. The van der Waals surface area contributed by atoms with Crippen molar-refractivity contribution < 1.29 is 0 Å². The topological polar surface area (TPSA) is 15.3 Å². The van der Waals surface area contributed by atoms with Gasteiger partial charge in [-0.25, -0.2) is 0 Å². The molecule has 0 spiro atoms. The van der Waals surface area contributed by atoms with Gasteiger partial charge in [0.25, 0.3) is 0 Å². The lowest BCUT2D eigenvalue weighted by Crippen LogP contribution is -2.47. The van der Waals surface area contributed by atoms with E-state index in [1.54, 1.807) is 0 Å². The molecule has 2 heteroatoms. The van der Waals surface area contributed by atoms with Crippen LogP contribution in [0.5, 0.6) is 0 Å². The van der Waals surface area contributed by atoms with Crippen LogP contribution >= 0.6 is 0 Å². The smallest absolute Gasteiger partial charge is 0.0195 e. The Morgan fingerprint density at radius 1 is 0.944 bits per heavy atom. The molecule has 2 fully saturated rings. The van der Waals surface area contributed by atoms with E-state index in [1.807, 2.05) is 0 Å². The van der Waals surface area contributed by atoms with Crippen LogP contribution in [0.1, 0.15) is 71.1 Å². The van der Waals surface area contributed by atoms with Gasteiger partial charge in [0.05, 0.1) is 0 Å². The Bertz CT molecular complexity index is 203. The lowest BCUT2D eigenvalue weighted by molar-refractivity contribution is 0.152. The second-order valence-corrected chi connectivity index (χ2v) is 6.29.